The van der Waals surface area contributed by atoms with Crippen LogP contribution in [0.5, 0.6) is 11.5 Å². The molecule has 16 heteroatoms. The van der Waals surface area contributed by atoms with Crippen LogP contribution in [-0.2, 0) is 19.1 Å². The zero-order chi connectivity index (χ0) is 51.0. The number of imidazole rings is 2. The van der Waals surface area contributed by atoms with Gasteiger partial charge in [-0.2, -0.15) is 0 Å². The SMILES string of the molecule is CCC(C)Oc1cccc(C2Oc3cc(-c4cnc(C5CCCN5C(=O)C(NC(=O)OC)C(C)C)[nH]4)ccc3C3=Cc4cc(-c5cnc(C6CCCN6C(=O)C(NC(O)OC)C(C)C)[nH]5)ccc4C(C)C32)c1. The Morgan fingerprint density at radius 2 is 1.46 bits per heavy atom. The number of ether oxygens (including phenoxy) is 4. The van der Waals surface area contributed by atoms with E-state index < -0.39 is 24.6 Å². The van der Waals surface area contributed by atoms with Crippen molar-refractivity contribution in [1.29, 1.82) is 0 Å². The molecular weight excluding hydrogens is 913 g/mol. The topological polar surface area (TPSA) is 196 Å². The lowest BCUT2D eigenvalue weighted by Gasteiger charge is -2.42. The van der Waals surface area contributed by atoms with Crippen molar-refractivity contribution < 1.29 is 38.4 Å². The number of carbonyl (C=O) groups excluding carboxylic acids is 3. The second-order valence-electron chi connectivity index (χ2n) is 20.5. The van der Waals surface area contributed by atoms with Crippen molar-refractivity contribution in [2.24, 2.45) is 17.8 Å². The van der Waals surface area contributed by atoms with Gasteiger partial charge in [-0.15, -0.1) is 0 Å². The Labute approximate surface area is 422 Å². The van der Waals surface area contributed by atoms with E-state index in [-0.39, 0.29) is 59.8 Å². The predicted octanol–water partition coefficient (Wildman–Crippen LogP) is 9.30. The standard InChI is InChI=1S/C56H70N8O8/c1-10-32(6)71-38-15-11-14-36(25-38)50-47-33(7)39-20-18-34(42-28-57-51(59-42)44-16-12-22-63(44)53(65)48(30(2)3)61-55(67)69-8)24-37(39)26-41(47)40-21-19-35(27-46(40)72-50)43-29-58-52(60-43)45-17-13-23-64(45)54(66)49(31(4)5)62-56(68)70-9/h11,14-15,18-21,24-33,44-45,47-50,55,61,67H,10,12-13,16-17,22-23H2,1-9H3,(H,57,59)(H,58,60)(H,62,68). The second kappa shape index (κ2) is 21.3. The lowest BCUT2D eigenvalue weighted by atomic mass is 9.68. The molecule has 72 heavy (non-hydrogen) atoms. The van der Waals surface area contributed by atoms with Crippen LogP contribution in [0.15, 0.2) is 73.1 Å². The fourth-order valence-corrected chi connectivity index (χ4v) is 11.0. The van der Waals surface area contributed by atoms with Crippen LogP contribution in [0.25, 0.3) is 34.2 Å². The zero-order valence-corrected chi connectivity index (χ0v) is 42.9. The minimum atomic E-state index is -1.25. The van der Waals surface area contributed by atoms with E-state index >= 15 is 0 Å². The number of likely N-dealkylation sites (tertiary alicyclic amines) is 2. The normalized spacial score (nSPS) is 22.1. The summed E-state index contributed by atoms with van der Waals surface area (Å²) >= 11 is 0. The summed E-state index contributed by atoms with van der Waals surface area (Å²) in [5.41, 5.74) is 9.11. The van der Waals surface area contributed by atoms with Crippen molar-refractivity contribution >= 4 is 29.6 Å². The minimum Gasteiger partial charge on any atom is -0.491 e. The highest BCUT2D eigenvalue weighted by Crippen LogP contribution is 2.56. The monoisotopic (exact) mass is 983 g/mol. The Kier molecular flexibility index (Phi) is 14.9. The van der Waals surface area contributed by atoms with Crippen LogP contribution < -0.4 is 20.1 Å². The summed E-state index contributed by atoms with van der Waals surface area (Å²) < 4.78 is 23.4. The largest absolute Gasteiger partial charge is 0.491 e. The van der Waals surface area contributed by atoms with Gasteiger partial charge in [-0.05, 0) is 103 Å². The molecule has 16 nitrogen and oxygen atoms in total. The summed E-state index contributed by atoms with van der Waals surface area (Å²) in [5.74, 6) is 2.58. The molecule has 9 unspecified atom stereocenters. The molecule has 382 valence electrons. The highest BCUT2D eigenvalue weighted by Gasteiger charge is 2.43. The van der Waals surface area contributed by atoms with Gasteiger partial charge in [-0.1, -0.05) is 84.0 Å². The van der Waals surface area contributed by atoms with E-state index in [0.717, 1.165) is 88.6 Å². The molecule has 3 aromatic carbocycles. The van der Waals surface area contributed by atoms with Crippen molar-refractivity contribution in [3.05, 3.63) is 107 Å². The van der Waals surface area contributed by atoms with Crippen molar-refractivity contribution in [3.8, 4) is 34.0 Å². The lowest BCUT2D eigenvalue weighted by Crippen LogP contribution is -2.52. The number of nitrogens with one attached hydrogen (secondary N) is 4. The number of aromatic nitrogens is 4. The summed E-state index contributed by atoms with van der Waals surface area (Å²) in [6, 6.07) is 19.4. The molecule has 0 saturated carbocycles. The van der Waals surface area contributed by atoms with Gasteiger partial charge in [0, 0.05) is 42.8 Å². The van der Waals surface area contributed by atoms with Crippen LogP contribution in [0.1, 0.15) is 139 Å². The van der Waals surface area contributed by atoms with Gasteiger partial charge >= 0.3 is 6.09 Å². The molecule has 9 atom stereocenters. The van der Waals surface area contributed by atoms with Gasteiger partial charge in [0.25, 0.3) is 0 Å². The van der Waals surface area contributed by atoms with Gasteiger partial charge in [0.1, 0.15) is 35.3 Å². The quantitative estimate of drug-likeness (QED) is 0.0591. The number of alkyl carbamates (subject to hydrolysis) is 1. The molecule has 3 aliphatic heterocycles. The number of H-pyrrole nitrogens is 2. The van der Waals surface area contributed by atoms with Crippen LogP contribution in [0.2, 0.25) is 0 Å². The first-order valence-electron chi connectivity index (χ1n) is 25.6. The van der Waals surface area contributed by atoms with Gasteiger partial charge < -0.3 is 49.1 Å². The number of aliphatic hydroxyl groups is 1. The average Bonchev–Trinajstić information content (AvgIpc) is 4.24. The van der Waals surface area contributed by atoms with Crippen LogP contribution >= 0.6 is 0 Å². The second-order valence-corrected chi connectivity index (χ2v) is 20.5. The maximum absolute atomic E-state index is 13.9. The van der Waals surface area contributed by atoms with Crippen molar-refractivity contribution in [1.82, 2.24) is 40.4 Å². The molecule has 2 saturated heterocycles. The minimum absolute atomic E-state index is 0.0210. The third kappa shape index (κ3) is 10.0. The molecule has 3 amide bonds. The van der Waals surface area contributed by atoms with Crippen LogP contribution in [0.4, 0.5) is 4.79 Å². The zero-order valence-electron chi connectivity index (χ0n) is 42.9. The Morgan fingerprint density at radius 3 is 2.07 bits per heavy atom. The molecule has 1 aliphatic carbocycles. The van der Waals surface area contributed by atoms with E-state index in [0.29, 0.717) is 18.9 Å². The Hall–Kier alpha value is -6.49. The maximum atomic E-state index is 13.9. The number of benzene rings is 3. The number of rotatable bonds is 16. The summed E-state index contributed by atoms with van der Waals surface area (Å²) in [6.07, 6.45) is 7.91. The summed E-state index contributed by atoms with van der Waals surface area (Å²) in [6.45, 7) is 15.4. The molecule has 2 fully saturated rings. The molecule has 5 aromatic rings. The van der Waals surface area contributed by atoms with Gasteiger partial charge in [-0.25, -0.2) is 14.8 Å². The van der Waals surface area contributed by atoms with Crippen molar-refractivity contribution in [2.45, 2.75) is 129 Å². The van der Waals surface area contributed by atoms with Gasteiger partial charge in [0.2, 0.25) is 18.2 Å². The van der Waals surface area contributed by atoms with E-state index in [4.69, 9.17) is 28.9 Å². The van der Waals surface area contributed by atoms with Crippen molar-refractivity contribution in [3.63, 3.8) is 0 Å². The number of hydrogen-bond donors (Lipinski definition) is 5. The number of methoxy groups -OCH3 is 2. The number of carbonyl (C=O) groups is 3. The number of aromatic amines is 2. The van der Waals surface area contributed by atoms with Gasteiger partial charge in [-0.3, -0.25) is 14.9 Å². The molecule has 0 spiro atoms. The molecule has 4 aliphatic rings. The molecule has 5 N–H and O–H groups in total. The lowest BCUT2D eigenvalue weighted by molar-refractivity contribution is -0.145. The highest BCUT2D eigenvalue weighted by atomic mass is 16.6. The number of amides is 3. The highest BCUT2D eigenvalue weighted by molar-refractivity contribution is 5.92. The molecular formula is C56H70N8O8. The molecule has 0 bridgehead atoms. The van der Waals surface area contributed by atoms with E-state index in [1.807, 2.05) is 62.0 Å². The van der Waals surface area contributed by atoms with E-state index in [9.17, 15) is 19.5 Å². The molecule has 5 heterocycles. The Morgan fingerprint density at radius 1 is 0.833 bits per heavy atom. The third-order valence-electron chi connectivity index (χ3n) is 15.1. The fraction of sp³-hybridized carbons (Fsp3) is 0.482. The third-order valence-corrected chi connectivity index (χ3v) is 15.1. The molecule has 2 aromatic heterocycles. The summed E-state index contributed by atoms with van der Waals surface area (Å²) in [5, 5.41) is 15.9. The molecule has 0 radical (unpaired) electrons. The van der Waals surface area contributed by atoms with E-state index in [1.54, 1.807) is 0 Å². The summed E-state index contributed by atoms with van der Waals surface area (Å²) in [7, 11) is 2.69. The maximum Gasteiger partial charge on any atom is 0.407 e. The van der Waals surface area contributed by atoms with Crippen LogP contribution in [0.3, 0.4) is 0 Å². The number of fused-ring (bicyclic) bond motifs is 4. The number of nitrogens with zero attached hydrogens (tertiary/aromatic N) is 4. The summed E-state index contributed by atoms with van der Waals surface area (Å²) in [4.78, 5) is 60.5. The first-order valence-corrected chi connectivity index (χ1v) is 25.6. The first-order chi connectivity index (χ1) is 34.7. The Bertz CT molecular complexity index is 2800. The number of hydrogen-bond acceptors (Lipinski definition) is 11. The average molecular weight is 983 g/mol. The number of aliphatic hydroxyl groups excluding tert-OH is 1. The van der Waals surface area contributed by atoms with Crippen molar-refractivity contribution in [2.75, 3.05) is 27.3 Å². The Balaban J connectivity index is 1.04. The van der Waals surface area contributed by atoms with Crippen LogP contribution in [-0.4, -0.2) is 105 Å². The van der Waals surface area contributed by atoms with Gasteiger partial charge in [0.15, 0.2) is 0 Å². The van der Waals surface area contributed by atoms with Gasteiger partial charge in [0.05, 0.1) is 55.1 Å². The fourth-order valence-electron chi connectivity index (χ4n) is 11.0. The smallest absolute Gasteiger partial charge is 0.407 e. The predicted molar refractivity (Wildman–Crippen MR) is 274 cm³/mol. The van der Waals surface area contributed by atoms with E-state index in [1.165, 1.54) is 25.4 Å². The van der Waals surface area contributed by atoms with E-state index in [2.05, 4.69) is 96.0 Å². The molecule has 9 rings (SSSR count). The van der Waals surface area contributed by atoms with Crippen LogP contribution in [0, 0.1) is 17.8 Å². The first kappa shape index (κ1) is 50.5.